The lowest BCUT2D eigenvalue weighted by Crippen LogP contribution is -2.45. The van der Waals surface area contributed by atoms with Gasteiger partial charge in [0, 0.05) is 5.69 Å². The monoisotopic (exact) mass is 478 g/mol. The third-order valence-corrected chi connectivity index (χ3v) is 6.74. The van der Waals surface area contributed by atoms with E-state index < -0.39 is 51.7 Å². The maximum absolute atomic E-state index is 13.9. The maximum atomic E-state index is 13.9. The highest BCUT2D eigenvalue weighted by atomic mass is 32.2. The van der Waals surface area contributed by atoms with Crippen molar-refractivity contribution in [3.63, 3.8) is 0 Å². The van der Waals surface area contributed by atoms with E-state index in [2.05, 4.69) is 5.32 Å². The minimum Gasteiger partial charge on any atom is -0.484 e. The summed E-state index contributed by atoms with van der Waals surface area (Å²) in [6.07, 6.45) is -0.874. The van der Waals surface area contributed by atoms with Crippen molar-refractivity contribution < 1.29 is 36.2 Å². The van der Waals surface area contributed by atoms with Gasteiger partial charge < -0.3 is 15.2 Å². The summed E-state index contributed by atoms with van der Waals surface area (Å²) in [6, 6.07) is 11.2. The van der Waals surface area contributed by atoms with Gasteiger partial charge in [-0.1, -0.05) is 6.07 Å². The Kier molecular flexibility index (Phi) is 6.00. The van der Waals surface area contributed by atoms with E-state index in [9.17, 15) is 31.5 Å². The number of nitrogens with one attached hydrogen (secondary N) is 1. The Morgan fingerprint density at radius 1 is 1.06 bits per heavy atom. The number of nitrogens with zero attached hydrogens (tertiary/aromatic N) is 1. The molecule has 2 N–H and O–H groups in total. The van der Waals surface area contributed by atoms with Crippen LogP contribution < -0.4 is 14.4 Å². The summed E-state index contributed by atoms with van der Waals surface area (Å²) in [5, 5.41) is 11.9. The van der Waals surface area contributed by atoms with Crippen LogP contribution in [0.1, 0.15) is 10.4 Å². The number of rotatable bonds is 5. The predicted molar refractivity (Wildman–Crippen MR) is 113 cm³/mol. The number of hydrogen-bond acceptors (Lipinski definition) is 5. The summed E-state index contributed by atoms with van der Waals surface area (Å²) in [5.41, 5.74) is -0.717. The summed E-state index contributed by atoms with van der Waals surface area (Å²) in [6.45, 7) is -0.734. The Balaban J connectivity index is 1.72. The zero-order valence-electron chi connectivity index (χ0n) is 16.8. The Morgan fingerprint density at radius 2 is 1.73 bits per heavy atom. The summed E-state index contributed by atoms with van der Waals surface area (Å²) >= 11 is 0. The lowest BCUT2D eigenvalue weighted by Gasteiger charge is -2.35. The van der Waals surface area contributed by atoms with Gasteiger partial charge in [-0.2, -0.15) is 0 Å². The molecule has 0 bridgehead atoms. The third kappa shape index (κ3) is 4.37. The topological polar surface area (TPSA) is 95.9 Å². The van der Waals surface area contributed by atoms with Crippen molar-refractivity contribution in [3.8, 4) is 5.75 Å². The fourth-order valence-corrected chi connectivity index (χ4v) is 4.85. The molecule has 0 radical (unpaired) electrons. The standard InChI is InChI=1S/C22H17F3N2O5S/c23-13-4-7-16(8-5-13)33(30,31)27-11-15(12-28)32-20-9-6-14(10-19(20)27)26-22(29)21-17(24)2-1-3-18(21)25/h1-10,15,28H,11-12H2,(H,26,29)/t15-/m0/s1. The van der Waals surface area contributed by atoms with Crippen LogP contribution in [-0.4, -0.2) is 38.7 Å². The van der Waals surface area contributed by atoms with Crippen LogP contribution in [0.3, 0.4) is 0 Å². The molecule has 0 aliphatic carbocycles. The van der Waals surface area contributed by atoms with E-state index in [1.54, 1.807) is 0 Å². The molecular weight excluding hydrogens is 461 g/mol. The second-order valence-corrected chi connectivity index (χ2v) is 9.01. The highest BCUT2D eigenvalue weighted by Crippen LogP contribution is 2.39. The molecule has 1 amide bonds. The first-order valence-corrected chi connectivity index (χ1v) is 11.1. The zero-order valence-corrected chi connectivity index (χ0v) is 17.7. The predicted octanol–water partition coefficient (Wildman–Crippen LogP) is 3.30. The molecule has 0 unspecified atom stereocenters. The SMILES string of the molecule is O=C(Nc1ccc2c(c1)N(S(=O)(=O)c1ccc(F)cc1)C[C@@H](CO)O2)c1c(F)cccc1F. The molecular formula is C22H17F3N2O5S. The summed E-state index contributed by atoms with van der Waals surface area (Å²) in [7, 11) is -4.20. The van der Waals surface area contributed by atoms with Crippen molar-refractivity contribution in [2.24, 2.45) is 0 Å². The number of hydrogen-bond donors (Lipinski definition) is 2. The second kappa shape index (κ2) is 8.75. The molecule has 0 fully saturated rings. The fraction of sp³-hybridized carbons (Fsp3) is 0.136. The number of carbonyl (C=O) groups is 1. The van der Waals surface area contributed by atoms with Crippen LogP contribution in [0.15, 0.2) is 65.6 Å². The quantitative estimate of drug-likeness (QED) is 0.587. The number of halogens is 3. The van der Waals surface area contributed by atoms with Crippen LogP contribution in [0, 0.1) is 17.5 Å². The van der Waals surface area contributed by atoms with Crippen molar-refractivity contribution in [1.82, 2.24) is 0 Å². The molecule has 1 atom stereocenters. The first-order chi connectivity index (χ1) is 15.7. The number of anilines is 2. The number of fused-ring (bicyclic) bond motifs is 1. The van der Waals surface area contributed by atoms with Gasteiger partial charge in [-0.3, -0.25) is 9.10 Å². The number of aliphatic hydroxyl groups is 1. The molecule has 1 aliphatic heterocycles. The van der Waals surface area contributed by atoms with E-state index >= 15 is 0 Å². The minimum atomic E-state index is -4.20. The molecule has 172 valence electrons. The fourth-order valence-electron chi connectivity index (χ4n) is 3.35. The van der Waals surface area contributed by atoms with Crippen LogP contribution >= 0.6 is 0 Å². The van der Waals surface area contributed by atoms with Gasteiger partial charge in [-0.25, -0.2) is 21.6 Å². The van der Waals surface area contributed by atoms with E-state index in [1.807, 2.05) is 0 Å². The van der Waals surface area contributed by atoms with Gasteiger partial charge in [0.05, 0.1) is 23.7 Å². The second-order valence-electron chi connectivity index (χ2n) is 7.15. The summed E-state index contributed by atoms with van der Waals surface area (Å²) in [4.78, 5) is 12.2. The zero-order chi connectivity index (χ0) is 23.8. The molecule has 0 spiro atoms. The minimum absolute atomic E-state index is 0.0239. The van der Waals surface area contributed by atoms with Crippen LogP contribution in [0.4, 0.5) is 24.5 Å². The smallest absolute Gasteiger partial charge is 0.264 e. The maximum Gasteiger partial charge on any atom is 0.264 e. The number of sulfonamides is 1. The van der Waals surface area contributed by atoms with Crippen LogP contribution in [0.2, 0.25) is 0 Å². The molecule has 3 aromatic rings. The molecule has 1 heterocycles. The van der Waals surface area contributed by atoms with Crippen molar-refractivity contribution in [2.45, 2.75) is 11.0 Å². The summed E-state index contributed by atoms with van der Waals surface area (Å²) < 4.78 is 74.2. The van der Waals surface area contributed by atoms with Gasteiger partial charge in [0.2, 0.25) is 0 Å². The van der Waals surface area contributed by atoms with Gasteiger partial charge in [-0.05, 0) is 54.6 Å². The van der Waals surface area contributed by atoms with Gasteiger partial charge >= 0.3 is 0 Å². The first kappa shape index (κ1) is 22.6. The highest BCUT2D eigenvalue weighted by molar-refractivity contribution is 7.92. The molecule has 3 aromatic carbocycles. The van der Waals surface area contributed by atoms with E-state index in [-0.39, 0.29) is 28.6 Å². The third-order valence-electron chi connectivity index (χ3n) is 4.94. The average Bonchev–Trinajstić information content (AvgIpc) is 2.78. The molecule has 1 aliphatic rings. The van der Waals surface area contributed by atoms with Crippen LogP contribution in [0.5, 0.6) is 5.75 Å². The van der Waals surface area contributed by atoms with Gasteiger partial charge in [0.25, 0.3) is 15.9 Å². The van der Waals surface area contributed by atoms with Crippen molar-refractivity contribution in [3.05, 3.63) is 83.7 Å². The number of ether oxygens (including phenoxy) is 1. The number of carbonyl (C=O) groups excluding carboxylic acids is 1. The lowest BCUT2D eigenvalue weighted by molar-refractivity contribution is 0.101. The van der Waals surface area contributed by atoms with Crippen molar-refractivity contribution >= 4 is 27.3 Å². The highest BCUT2D eigenvalue weighted by Gasteiger charge is 2.34. The molecule has 4 rings (SSSR count). The Labute approximate surface area is 187 Å². The molecule has 0 aromatic heterocycles. The van der Waals surface area contributed by atoms with Crippen LogP contribution in [0.25, 0.3) is 0 Å². The molecule has 0 saturated carbocycles. The van der Waals surface area contributed by atoms with E-state index in [0.29, 0.717) is 0 Å². The van der Waals surface area contributed by atoms with E-state index in [1.165, 1.54) is 18.2 Å². The average molecular weight is 478 g/mol. The van der Waals surface area contributed by atoms with Gasteiger partial charge in [0.15, 0.2) is 0 Å². The number of amides is 1. The Bertz CT molecular complexity index is 1300. The Hall–Kier alpha value is -3.57. The molecule has 33 heavy (non-hydrogen) atoms. The van der Waals surface area contributed by atoms with Gasteiger partial charge in [-0.15, -0.1) is 0 Å². The lowest BCUT2D eigenvalue weighted by atomic mass is 10.1. The number of benzene rings is 3. The normalized spacial score (nSPS) is 15.5. The largest absolute Gasteiger partial charge is 0.484 e. The molecule has 0 saturated heterocycles. The van der Waals surface area contributed by atoms with Crippen molar-refractivity contribution in [1.29, 1.82) is 0 Å². The molecule has 11 heteroatoms. The van der Waals surface area contributed by atoms with Crippen LogP contribution in [-0.2, 0) is 10.0 Å². The van der Waals surface area contributed by atoms with Gasteiger partial charge in [0.1, 0.15) is 34.9 Å². The molecule has 7 nitrogen and oxygen atoms in total. The van der Waals surface area contributed by atoms with E-state index in [4.69, 9.17) is 4.74 Å². The van der Waals surface area contributed by atoms with E-state index in [0.717, 1.165) is 46.8 Å². The first-order valence-electron chi connectivity index (χ1n) is 9.66. The Morgan fingerprint density at radius 3 is 2.36 bits per heavy atom. The number of aliphatic hydroxyl groups excluding tert-OH is 1. The summed E-state index contributed by atoms with van der Waals surface area (Å²) in [5.74, 6) is -3.69. The van der Waals surface area contributed by atoms with Crippen molar-refractivity contribution in [2.75, 3.05) is 22.8 Å².